The molecule has 1 rings (SSSR count). The van der Waals surface area contributed by atoms with Crippen molar-refractivity contribution in [3.63, 3.8) is 0 Å². The number of rotatable bonds is 4. The smallest absolute Gasteiger partial charge is 0.129 e. The summed E-state index contributed by atoms with van der Waals surface area (Å²) in [5.41, 5.74) is 0. The number of nitrogens with one attached hydrogen (secondary N) is 1. The van der Waals surface area contributed by atoms with Gasteiger partial charge in [-0.15, -0.1) is 11.6 Å². The van der Waals surface area contributed by atoms with Crippen LogP contribution in [0.5, 0.6) is 0 Å². The molecule has 0 aromatic carbocycles. The van der Waals surface area contributed by atoms with E-state index >= 15 is 0 Å². The normalized spacial score (nSPS) is 9.83. The molecule has 0 unspecified atom stereocenters. The lowest BCUT2D eigenvalue weighted by molar-refractivity contribution is 0.959. The summed E-state index contributed by atoms with van der Waals surface area (Å²) in [6, 6.07) is 1.85. The Morgan fingerprint density at radius 3 is 3.08 bits per heavy atom. The average Bonchev–Trinajstić information content (AvgIpc) is 2.05. The molecule has 0 bridgehead atoms. The van der Waals surface area contributed by atoms with Crippen LogP contribution < -0.4 is 5.32 Å². The van der Waals surface area contributed by atoms with Crippen molar-refractivity contribution in [2.24, 2.45) is 0 Å². The van der Waals surface area contributed by atoms with Gasteiger partial charge in [0.05, 0.1) is 0 Å². The van der Waals surface area contributed by atoms with Gasteiger partial charge in [-0.1, -0.05) is 0 Å². The third-order valence-corrected chi connectivity index (χ3v) is 1.66. The lowest BCUT2D eigenvalue weighted by atomic mass is 10.4. The van der Waals surface area contributed by atoms with Gasteiger partial charge < -0.3 is 5.32 Å². The second-order valence-electron chi connectivity index (χ2n) is 2.46. The first-order chi connectivity index (χ1) is 5.83. The molecule has 0 atom stereocenters. The molecule has 1 heterocycles. The molecular weight excluding hydrogens is 174 g/mol. The van der Waals surface area contributed by atoms with Crippen LogP contribution >= 0.6 is 11.6 Å². The summed E-state index contributed by atoms with van der Waals surface area (Å²) in [6.45, 7) is 2.73. The minimum atomic E-state index is 0.678. The first-order valence-electron chi connectivity index (χ1n) is 3.92. The summed E-state index contributed by atoms with van der Waals surface area (Å²) in [5.74, 6) is 2.33. The molecule has 12 heavy (non-hydrogen) atoms. The first-order valence-corrected chi connectivity index (χ1v) is 4.46. The third-order valence-electron chi connectivity index (χ3n) is 1.39. The molecule has 3 nitrogen and oxygen atoms in total. The number of aryl methyl sites for hydroxylation is 1. The molecule has 4 heteroatoms. The molecule has 0 fully saturated rings. The molecule has 0 aliphatic carbocycles. The summed E-state index contributed by atoms with van der Waals surface area (Å²) in [7, 11) is 0. The van der Waals surface area contributed by atoms with Gasteiger partial charge in [-0.2, -0.15) is 0 Å². The average molecular weight is 186 g/mol. The van der Waals surface area contributed by atoms with Gasteiger partial charge in [-0.05, 0) is 19.4 Å². The van der Waals surface area contributed by atoms with Gasteiger partial charge in [0.15, 0.2) is 0 Å². The fourth-order valence-electron chi connectivity index (χ4n) is 0.838. The minimum Gasteiger partial charge on any atom is -0.370 e. The van der Waals surface area contributed by atoms with E-state index in [1.54, 1.807) is 6.20 Å². The Morgan fingerprint density at radius 1 is 1.58 bits per heavy atom. The number of halogens is 1. The van der Waals surface area contributed by atoms with E-state index in [4.69, 9.17) is 11.6 Å². The molecule has 1 N–H and O–H groups in total. The Kier molecular flexibility index (Phi) is 3.80. The van der Waals surface area contributed by atoms with Crippen LogP contribution in [0.3, 0.4) is 0 Å². The van der Waals surface area contributed by atoms with Gasteiger partial charge in [0.1, 0.15) is 11.6 Å². The predicted octanol–water partition coefficient (Wildman–Crippen LogP) is 1.83. The van der Waals surface area contributed by atoms with Crippen molar-refractivity contribution in [1.82, 2.24) is 9.97 Å². The van der Waals surface area contributed by atoms with Gasteiger partial charge in [0, 0.05) is 18.6 Å². The summed E-state index contributed by atoms with van der Waals surface area (Å²) in [5, 5.41) is 3.15. The summed E-state index contributed by atoms with van der Waals surface area (Å²) >= 11 is 5.53. The SMILES string of the molecule is Cc1nccc(NCCCCl)n1. The molecule has 1 aromatic rings. The zero-order valence-corrected chi connectivity index (χ0v) is 7.80. The van der Waals surface area contributed by atoms with Gasteiger partial charge in [-0.25, -0.2) is 9.97 Å². The maximum atomic E-state index is 5.53. The fraction of sp³-hybridized carbons (Fsp3) is 0.500. The largest absolute Gasteiger partial charge is 0.370 e. The van der Waals surface area contributed by atoms with Gasteiger partial charge in [-0.3, -0.25) is 0 Å². The molecule has 0 amide bonds. The van der Waals surface area contributed by atoms with Gasteiger partial charge >= 0.3 is 0 Å². The number of nitrogens with zero attached hydrogens (tertiary/aromatic N) is 2. The Morgan fingerprint density at radius 2 is 2.42 bits per heavy atom. The van der Waals surface area contributed by atoms with Gasteiger partial charge in [0.2, 0.25) is 0 Å². The number of anilines is 1. The van der Waals surface area contributed by atoms with E-state index in [2.05, 4.69) is 15.3 Å². The van der Waals surface area contributed by atoms with Crippen molar-refractivity contribution in [2.45, 2.75) is 13.3 Å². The number of alkyl halides is 1. The van der Waals surface area contributed by atoms with E-state index in [0.29, 0.717) is 5.88 Å². The lowest BCUT2D eigenvalue weighted by Crippen LogP contribution is -2.04. The zero-order chi connectivity index (χ0) is 8.81. The van der Waals surface area contributed by atoms with Crippen LogP contribution in [0.2, 0.25) is 0 Å². The van der Waals surface area contributed by atoms with Crippen LogP contribution in [0.4, 0.5) is 5.82 Å². The predicted molar refractivity (Wildman–Crippen MR) is 50.6 cm³/mol. The maximum Gasteiger partial charge on any atom is 0.129 e. The number of aromatic nitrogens is 2. The second-order valence-corrected chi connectivity index (χ2v) is 2.84. The highest BCUT2D eigenvalue weighted by molar-refractivity contribution is 6.17. The van der Waals surface area contributed by atoms with Crippen LogP contribution in [0, 0.1) is 6.92 Å². The third kappa shape index (κ3) is 3.05. The number of hydrogen-bond donors (Lipinski definition) is 1. The topological polar surface area (TPSA) is 37.8 Å². The molecule has 1 aromatic heterocycles. The standard InChI is InChI=1S/C8H12ClN3/c1-7-10-6-3-8(12-7)11-5-2-4-9/h3,6H,2,4-5H2,1H3,(H,10,11,12). The monoisotopic (exact) mass is 185 g/mol. The maximum absolute atomic E-state index is 5.53. The summed E-state index contributed by atoms with van der Waals surface area (Å²) in [4.78, 5) is 8.17. The number of hydrogen-bond acceptors (Lipinski definition) is 3. The molecule has 0 saturated carbocycles. The molecule has 0 radical (unpaired) electrons. The van der Waals surface area contributed by atoms with Gasteiger partial charge in [0.25, 0.3) is 0 Å². The molecule has 0 saturated heterocycles. The highest BCUT2D eigenvalue weighted by atomic mass is 35.5. The van der Waals surface area contributed by atoms with Crippen molar-refractivity contribution in [3.8, 4) is 0 Å². The van der Waals surface area contributed by atoms with E-state index in [1.165, 1.54) is 0 Å². The van der Waals surface area contributed by atoms with Crippen molar-refractivity contribution in [3.05, 3.63) is 18.1 Å². The van der Waals surface area contributed by atoms with Crippen molar-refractivity contribution >= 4 is 17.4 Å². The fourth-order valence-corrected chi connectivity index (χ4v) is 0.972. The van der Waals surface area contributed by atoms with Crippen LogP contribution in [-0.4, -0.2) is 22.4 Å². The van der Waals surface area contributed by atoms with E-state index in [0.717, 1.165) is 24.6 Å². The van der Waals surface area contributed by atoms with Crippen LogP contribution in [0.1, 0.15) is 12.2 Å². The van der Waals surface area contributed by atoms with E-state index in [-0.39, 0.29) is 0 Å². The highest BCUT2D eigenvalue weighted by Crippen LogP contribution is 2.00. The minimum absolute atomic E-state index is 0.678. The first kappa shape index (κ1) is 9.26. The quantitative estimate of drug-likeness (QED) is 0.575. The molecule has 0 aliphatic heterocycles. The Balaban J connectivity index is 2.41. The van der Waals surface area contributed by atoms with Crippen LogP contribution in [0.15, 0.2) is 12.3 Å². The van der Waals surface area contributed by atoms with Crippen LogP contribution in [0.25, 0.3) is 0 Å². The van der Waals surface area contributed by atoms with Crippen molar-refractivity contribution in [2.75, 3.05) is 17.7 Å². The molecule has 66 valence electrons. The molecular formula is C8H12ClN3. The van der Waals surface area contributed by atoms with E-state index < -0.39 is 0 Å². The molecule has 0 aliphatic rings. The van der Waals surface area contributed by atoms with E-state index in [9.17, 15) is 0 Å². The zero-order valence-electron chi connectivity index (χ0n) is 7.05. The summed E-state index contributed by atoms with van der Waals surface area (Å²) < 4.78 is 0. The highest BCUT2D eigenvalue weighted by Gasteiger charge is 1.92. The lowest BCUT2D eigenvalue weighted by Gasteiger charge is -2.03. The van der Waals surface area contributed by atoms with Crippen LogP contribution in [-0.2, 0) is 0 Å². The second kappa shape index (κ2) is 4.93. The van der Waals surface area contributed by atoms with E-state index in [1.807, 2.05) is 13.0 Å². The molecule has 0 spiro atoms. The van der Waals surface area contributed by atoms with Crippen molar-refractivity contribution in [1.29, 1.82) is 0 Å². The van der Waals surface area contributed by atoms with Crippen molar-refractivity contribution < 1.29 is 0 Å². The Bertz CT molecular complexity index is 239. The Labute approximate surface area is 77.2 Å². The Hall–Kier alpha value is -0.830. The summed E-state index contributed by atoms with van der Waals surface area (Å²) in [6.07, 6.45) is 2.69.